The second-order valence-electron chi connectivity index (χ2n) is 3.86. The lowest BCUT2D eigenvalue weighted by Gasteiger charge is -2.28. The fraction of sp³-hybridized carbons (Fsp3) is 0.500. The lowest BCUT2D eigenvalue weighted by atomic mass is 10.1. The van der Waals surface area contributed by atoms with Gasteiger partial charge < -0.3 is 15.2 Å². The van der Waals surface area contributed by atoms with Crippen LogP contribution in [-0.4, -0.2) is 25.4 Å². The summed E-state index contributed by atoms with van der Waals surface area (Å²) in [6.45, 7) is 1.99. The summed E-state index contributed by atoms with van der Waals surface area (Å²) < 4.78 is 11.1. The standard InChI is InChI=1S/C12H17NO2/c13-11-6-7-14-9-12(11)15-8-10-4-2-1-3-5-10/h1-5,11-12H,6-9,13H2/t11-,12+/m1/s1. The molecule has 2 rings (SSSR count). The Hall–Kier alpha value is -0.900. The second-order valence-corrected chi connectivity index (χ2v) is 3.86. The minimum Gasteiger partial charge on any atom is -0.379 e. The number of rotatable bonds is 3. The van der Waals surface area contributed by atoms with Crippen LogP contribution in [0.5, 0.6) is 0 Å². The molecule has 3 heteroatoms. The molecule has 1 saturated heterocycles. The van der Waals surface area contributed by atoms with E-state index in [0.29, 0.717) is 13.2 Å². The van der Waals surface area contributed by atoms with Crippen molar-refractivity contribution in [2.75, 3.05) is 13.2 Å². The summed E-state index contributed by atoms with van der Waals surface area (Å²) in [4.78, 5) is 0. The molecule has 0 bridgehead atoms. The van der Waals surface area contributed by atoms with Gasteiger partial charge in [0.2, 0.25) is 0 Å². The molecule has 0 spiro atoms. The molecular weight excluding hydrogens is 190 g/mol. The van der Waals surface area contributed by atoms with E-state index < -0.39 is 0 Å². The van der Waals surface area contributed by atoms with E-state index in [0.717, 1.165) is 13.0 Å². The molecule has 0 unspecified atom stereocenters. The van der Waals surface area contributed by atoms with Crippen molar-refractivity contribution in [1.82, 2.24) is 0 Å². The van der Waals surface area contributed by atoms with Gasteiger partial charge >= 0.3 is 0 Å². The Labute approximate surface area is 90.2 Å². The predicted molar refractivity (Wildman–Crippen MR) is 58.4 cm³/mol. The topological polar surface area (TPSA) is 44.5 Å². The van der Waals surface area contributed by atoms with Crippen molar-refractivity contribution in [2.45, 2.75) is 25.2 Å². The third-order valence-corrected chi connectivity index (χ3v) is 2.66. The maximum Gasteiger partial charge on any atom is 0.0964 e. The fourth-order valence-electron chi connectivity index (χ4n) is 1.68. The minimum absolute atomic E-state index is 0.0407. The maximum absolute atomic E-state index is 5.94. The minimum atomic E-state index is 0.0407. The third kappa shape index (κ3) is 3.02. The van der Waals surface area contributed by atoms with Gasteiger partial charge in [0.25, 0.3) is 0 Å². The first-order valence-corrected chi connectivity index (χ1v) is 5.35. The molecule has 0 aliphatic carbocycles. The molecule has 1 aliphatic rings. The van der Waals surface area contributed by atoms with Gasteiger partial charge in [-0.3, -0.25) is 0 Å². The largest absolute Gasteiger partial charge is 0.379 e. The van der Waals surface area contributed by atoms with Crippen LogP contribution in [-0.2, 0) is 16.1 Å². The zero-order chi connectivity index (χ0) is 10.5. The Kier molecular flexibility index (Phi) is 3.72. The van der Waals surface area contributed by atoms with Crippen molar-refractivity contribution < 1.29 is 9.47 Å². The molecule has 0 amide bonds. The quantitative estimate of drug-likeness (QED) is 0.813. The summed E-state index contributed by atoms with van der Waals surface area (Å²) in [5.41, 5.74) is 7.11. The molecule has 3 nitrogen and oxygen atoms in total. The second kappa shape index (κ2) is 5.26. The Morgan fingerprint density at radius 3 is 2.87 bits per heavy atom. The third-order valence-electron chi connectivity index (χ3n) is 2.66. The lowest BCUT2D eigenvalue weighted by Crippen LogP contribution is -2.44. The zero-order valence-corrected chi connectivity index (χ0v) is 8.76. The van der Waals surface area contributed by atoms with E-state index in [1.807, 2.05) is 18.2 Å². The molecule has 0 saturated carbocycles. The Morgan fingerprint density at radius 2 is 2.13 bits per heavy atom. The van der Waals surface area contributed by atoms with E-state index in [4.69, 9.17) is 15.2 Å². The SMILES string of the molecule is N[C@@H]1CCOC[C@@H]1OCc1ccccc1. The molecule has 1 heterocycles. The van der Waals surface area contributed by atoms with Gasteiger partial charge in [0.1, 0.15) is 0 Å². The summed E-state index contributed by atoms with van der Waals surface area (Å²) in [6.07, 6.45) is 0.929. The molecule has 1 aromatic carbocycles. The molecule has 0 radical (unpaired) electrons. The van der Waals surface area contributed by atoms with E-state index in [1.54, 1.807) is 0 Å². The predicted octanol–water partition coefficient (Wildman–Crippen LogP) is 1.32. The molecule has 2 N–H and O–H groups in total. The van der Waals surface area contributed by atoms with Gasteiger partial charge in [0, 0.05) is 12.6 Å². The highest BCUT2D eigenvalue weighted by Gasteiger charge is 2.22. The van der Waals surface area contributed by atoms with Gasteiger partial charge in [0.15, 0.2) is 0 Å². The van der Waals surface area contributed by atoms with Gasteiger partial charge in [-0.25, -0.2) is 0 Å². The fourth-order valence-corrected chi connectivity index (χ4v) is 1.68. The zero-order valence-electron chi connectivity index (χ0n) is 8.76. The van der Waals surface area contributed by atoms with Crippen LogP contribution in [0.1, 0.15) is 12.0 Å². The van der Waals surface area contributed by atoms with Crippen LogP contribution in [0.25, 0.3) is 0 Å². The summed E-state index contributed by atoms with van der Waals surface area (Å²) in [5, 5.41) is 0. The van der Waals surface area contributed by atoms with Crippen molar-refractivity contribution in [3.63, 3.8) is 0 Å². The van der Waals surface area contributed by atoms with E-state index in [-0.39, 0.29) is 12.1 Å². The van der Waals surface area contributed by atoms with Crippen molar-refractivity contribution in [2.24, 2.45) is 5.73 Å². The molecule has 1 aromatic rings. The summed E-state index contributed by atoms with van der Waals surface area (Å²) in [5.74, 6) is 0. The Bertz CT molecular complexity index is 289. The molecule has 1 aliphatic heterocycles. The maximum atomic E-state index is 5.94. The number of hydrogen-bond donors (Lipinski definition) is 1. The van der Waals surface area contributed by atoms with Gasteiger partial charge in [-0.05, 0) is 12.0 Å². The van der Waals surface area contributed by atoms with E-state index >= 15 is 0 Å². The Balaban J connectivity index is 1.82. The van der Waals surface area contributed by atoms with Crippen molar-refractivity contribution >= 4 is 0 Å². The summed E-state index contributed by atoms with van der Waals surface area (Å²) >= 11 is 0. The van der Waals surface area contributed by atoms with Crippen LogP contribution in [0.2, 0.25) is 0 Å². The van der Waals surface area contributed by atoms with Gasteiger partial charge in [-0.1, -0.05) is 30.3 Å². The number of hydrogen-bond acceptors (Lipinski definition) is 3. The summed E-state index contributed by atoms with van der Waals surface area (Å²) in [7, 11) is 0. The monoisotopic (exact) mass is 207 g/mol. The van der Waals surface area contributed by atoms with E-state index in [1.165, 1.54) is 5.56 Å². The average Bonchev–Trinajstić information content (AvgIpc) is 2.29. The normalized spacial score (nSPS) is 26.5. The van der Waals surface area contributed by atoms with E-state index in [2.05, 4.69) is 12.1 Å². The van der Waals surface area contributed by atoms with Gasteiger partial charge in [-0.2, -0.15) is 0 Å². The molecule has 15 heavy (non-hydrogen) atoms. The highest BCUT2D eigenvalue weighted by molar-refractivity contribution is 5.13. The highest BCUT2D eigenvalue weighted by Crippen LogP contribution is 2.11. The van der Waals surface area contributed by atoms with Crippen LogP contribution in [0, 0.1) is 0 Å². The van der Waals surface area contributed by atoms with E-state index in [9.17, 15) is 0 Å². The van der Waals surface area contributed by atoms with Crippen molar-refractivity contribution in [3.8, 4) is 0 Å². The molecule has 1 fully saturated rings. The number of benzene rings is 1. The molecule has 2 atom stereocenters. The smallest absolute Gasteiger partial charge is 0.0964 e. The van der Waals surface area contributed by atoms with Crippen LogP contribution in [0.4, 0.5) is 0 Å². The Morgan fingerprint density at radius 1 is 1.33 bits per heavy atom. The molecule has 0 aromatic heterocycles. The van der Waals surface area contributed by atoms with Crippen LogP contribution in [0.15, 0.2) is 30.3 Å². The van der Waals surface area contributed by atoms with Gasteiger partial charge in [0.05, 0.1) is 19.3 Å². The average molecular weight is 207 g/mol. The lowest BCUT2D eigenvalue weighted by molar-refractivity contribution is -0.0678. The first-order chi connectivity index (χ1) is 7.36. The van der Waals surface area contributed by atoms with Crippen LogP contribution >= 0.6 is 0 Å². The first-order valence-electron chi connectivity index (χ1n) is 5.35. The summed E-state index contributed by atoms with van der Waals surface area (Å²) in [6, 6.07) is 10.2. The van der Waals surface area contributed by atoms with Crippen LogP contribution in [0.3, 0.4) is 0 Å². The van der Waals surface area contributed by atoms with Crippen molar-refractivity contribution in [1.29, 1.82) is 0 Å². The molecule has 82 valence electrons. The molecular formula is C12H17NO2. The van der Waals surface area contributed by atoms with Crippen molar-refractivity contribution in [3.05, 3.63) is 35.9 Å². The number of nitrogens with two attached hydrogens (primary N) is 1. The number of ether oxygens (including phenoxy) is 2. The highest BCUT2D eigenvalue weighted by atomic mass is 16.5. The van der Waals surface area contributed by atoms with Gasteiger partial charge in [-0.15, -0.1) is 0 Å². The van der Waals surface area contributed by atoms with Crippen LogP contribution < -0.4 is 5.73 Å². The first kappa shape index (κ1) is 10.6.